The third kappa shape index (κ3) is 6.53. The monoisotopic (exact) mass is 801 g/mol. The smallest absolute Gasteiger partial charge is 0.509 e. The van der Waals surface area contributed by atoms with E-state index in [-0.39, 0.29) is 32.3 Å². The quantitative estimate of drug-likeness (QED) is 0.151. The van der Waals surface area contributed by atoms with Crippen LogP contribution in [0.2, 0.25) is 0 Å². The molecular weight excluding hydrogens is 767 g/mol. The summed E-state index contributed by atoms with van der Waals surface area (Å²) in [6.45, 7) is 10.8. The standard InChI is InChI=1S/C40H35FN4O.Pt/c1-26-39(29-10-7-6-8-11-29)27(2)45(43-26)31-12-9-13-32(24-31)46-33-15-16-34-35-23-30(41)14-17-36(35)44(37(34)25-33)38-22-28(19-21-42-38)18-20-40(3,4)5;/h6-17,19,21-23H,18,20H2,1-5H3;/q-2;+2. The maximum atomic E-state index is 14.5. The van der Waals surface area contributed by atoms with Crippen LogP contribution < -0.4 is 4.74 Å². The Morgan fingerprint density at radius 2 is 1.62 bits per heavy atom. The molecule has 4 aromatic carbocycles. The average Bonchev–Trinajstić information content (AvgIpc) is 3.52. The predicted molar refractivity (Wildman–Crippen MR) is 183 cm³/mol. The fourth-order valence-electron chi connectivity index (χ4n) is 6.09. The molecule has 0 aliphatic rings. The van der Waals surface area contributed by atoms with Crippen LogP contribution in [0.5, 0.6) is 11.5 Å². The molecule has 7 aromatic rings. The molecule has 0 spiro atoms. The van der Waals surface area contributed by atoms with Gasteiger partial charge in [-0.15, -0.1) is 35.7 Å². The van der Waals surface area contributed by atoms with E-state index in [2.05, 4.69) is 64.1 Å². The van der Waals surface area contributed by atoms with Gasteiger partial charge in [-0.05, 0) is 84.6 Å². The molecule has 0 saturated carbocycles. The van der Waals surface area contributed by atoms with Crippen LogP contribution in [0, 0.1) is 37.2 Å². The zero-order chi connectivity index (χ0) is 32.0. The summed E-state index contributed by atoms with van der Waals surface area (Å²) < 4.78 is 24.8. The van der Waals surface area contributed by atoms with Crippen LogP contribution in [0.3, 0.4) is 0 Å². The maximum absolute atomic E-state index is 14.5. The van der Waals surface area contributed by atoms with Gasteiger partial charge in [0.2, 0.25) is 0 Å². The molecule has 0 fully saturated rings. The van der Waals surface area contributed by atoms with Crippen molar-refractivity contribution in [3.05, 3.63) is 132 Å². The second kappa shape index (κ2) is 12.9. The van der Waals surface area contributed by atoms with Crippen molar-refractivity contribution in [3.63, 3.8) is 0 Å². The molecule has 0 bridgehead atoms. The van der Waals surface area contributed by atoms with Gasteiger partial charge in [-0.1, -0.05) is 56.6 Å². The number of hydrogen-bond donors (Lipinski definition) is 0. The first-order valence-electron chi connectivity index (χ1n) is 15.6. The number of hydrogen-bond acceptors (Lipinski definition) is 3. The van der Waals surface area contributed by atoms with Gasteiger partial charge >= 0.3 is 21.1 Å². The first kappa shape index (κ1) is 32.4. The number of aryl methyl sites for hydroxylation is 2. The molecule has 3 aromatic heterocycles. The van der Waals surface area contributed by atoms with Crippen LogP contribution in [0.1, 0.15) is 44.1 Å². The van der Waals surface area contributed by atoms with Crippen molar-refractivity contribution in [2.24, 2.45) is 5.41 Å². The summed E-state index contributed by atoms with van der Waals surface area (Å²) in [5, 5.41) is 6.51. The molecule has 0 saturated heterocycles. The molecule has 7 rings (SSSR count). The first-order valence-corrected chi connectivity index (χ1v) is 15.6. The Bertz CT molecular complexity index is 2210. The number of halogens is 1. The molecule has 0 aliphatic carbocycles. The number of benzene rings is 4. The van der Waals surface area contributed by atoms with E-state index in [9.17, 15) is 4.39 Å². The summed E-state index contributed by atoms with van der Waals surface area (Å²) in [7, 11) is 0. The largest absolute Gasteiger partial charge is 2.00 e. The van der Waals surface area contributed by atoms with E-state index in [1.165, 1.54) is 11.6 Å². The maximum Gasteiger partial charge on any atom is 2.00 e. The van der Waals surface area contributed by atoms with Gasteiger partial charge in [0.1, 0.15) is 11.6 Å². The SMILES string of the molecule is Cc1nn(-c2[c-]c(Oc3[c-]c4c(cc3)c3cc(F)ccc3n4-c3cc(CCC(C)(C)C)ccn3)ccc2)c(C)c1-c1ccccc1.[Pt+2]. The van der Waals surface area contributed by atoms with Crippen molar-refractivity contribution >= 4 is 21.8 Å². The number of ether oxygens (including phenoxy) is 1. The number of fused-ring (bicyclic) bond motifs is 3. The minimum Gasteiger partial charge on any atom is -0.509 e. The molecule has 3 heterocycles. The van der Waals surface area contributed by atoms with E-state index >= 15 is 0 Å². The third-order valence-electron chi connectivity index (χ3n) is 8.37. The van der Waals surface area contributed by atoms with E-state index in [0.29, 0.717) is 11.5 Å². The van der Waals surface area contributed by atoms with Gasteiger partial charge < -0.3 is 9.30 Å². The summed E-state index contributed by atoms with van der Waals surface area (Å²) >= 11 is 0. The Hall–Kier alpha value is -4.54. The number of aromatic nitrogens is 4. The minimum absolute atomic E-state index is 0. The molecular formula is C40H35FN4OPt. The van der Waals surface area contributed by atoms with Crippen molar-refractivity contribution in [2.75, 3.05) is 0 Å². The van der Waals surface area contributed by atoms with E-state index in [0.717, 1.165) is 68.7 Å². The van der Waals surface area contributed by atoms with Crippen molar-refractivity contribution < 1.29 is 30.2 Å². The molecule has 5 nitrogen and oxygen atoms in total. The molecule has 0 N–H and O–H groups in total. The molecule has 238 valence electrons. The second-order valence-electron chi connectivity index (χ2n) is 13.0. The first-order chi connectivity index (χ1) is 22.1. The average molecular weight is 802 g/mol. The fourth-order valence-corrected chi connectivity index (χ4v) is 6.09. The molecule has 47 heavy (non-hydrogen) atoms. The molecule has 0 atom stereocenters. The Kier molecular flexibility index (Phi) is 8.91. The predicted octanol–water partition coefficient (Wildman–Crippen LogP) is 10.2. The van der Waals surface area contributed by atoms with Gasteiger partial charge in [-0.3, -0.25) is 4.68 Å². The number of nitrogens with zero attached hydrogens (tertiary/aromatic N) is 4. The van der Waals surface area contributed by atoms with E-state index < -0.39 is 0 Å². The summed E-state index contributed by atoms with van der Waals surface area (Å²) in [6, 6.07) is 35.8. The number of pyridine rings is 1. The van der Waals surface area contributed by atoms with Crippen LogP contribution in [0.15, 0.2) is 97.2 Å². The summed E-state index contributed by atoms with van der Waals surface area (Å²) in [4.78, 5) is 4.74. The van der Waals surface area contributed by atoms with Gasteiger partial charge in [-0.25, -0.2) is 9.37 Å². The Morgan fingerprint density at radius 3 is 2.40 bits per heavy atom. The van der Waals surface area contributed by atoms with Crippen molar-refractivity contribution in [2.45, 2.75) is 47.5 Å². The van der Waals surface area contributed by atoms with Crippen LogP contribution >= 0.6 is 0 Å². The zero-order valence-electron chi connectivity index (χ0n) is 27.0. The van der Waals surface area contributed by atoms with Gasteiger partial charge in [0, 0.05) is 34.5 Å². The molecule has 0 aliphatic heterocycles. The van der Waals surface area contributed by atoms with Crippen LogP contribution in [-0.4, -0.2) is 19.3 Å². The molecule has 0 unspecified atom stereocenters. The normalized spacial score (nSPS) is 11.6. The fraction of sp³-hybridized carbons (Fsp3) is 0.200. The Morgan fingerprint density at radius 1 is 0.830 bits per heavy atom. The van der Waals surface area contributed by atoms with Crippen molar-refractivity contribution in [1.29, 1.82) is 0 Å². The molecule has 0 radical (unpaired) electrons. The van der Waals surface area contributed by atoms with E-state index in [1.54, 1.807) is 12.1 Å². The Labute approximate surface area is 289 Å². The van der Waals surface area contributed by atoms with Crippen LogP contribution in [0.4, 0.5) is 4.39 Å². The second-order valence-corrected chi connectivity index (χ2v) is 13.0. The van der Waals surface area contributed by atoms with Gasteiger partial charge in [-0.2, -0.15) is 17.2 Å². The summed E-state index contributed by atoms with van der Waals surface area (Å²) in [5.74, 6) is 1.54. The van der Waals surface area contributed by atoms with Crippen molar-refractivity contribution in [3.8, 4) is 34.1 Å². The molecule has 0 amide bonds. The van der Waals surface area contributed by atoms with Gasteiger partial charge in [0.25, 0.3) is 0 Å². The van der Waals surface area contributed by atoms with Crippen LogP contribution in [0.25, 0.3) is 44.4 Å². The number of rotatable bonds is 7. The zero-order valence-corrected chi connectivity index (χ0v) is 29.3. The van der Waals surface area contributed by atoms with E-state index in [1.807, 2.05) is 70.9 Å². The Balaban J connectivity index is 0.00000386. The molecule has 7 heteroatoms. The van der Waals surface area contributed by atoms with Crippen LogP contribution in [-0.2, 0) is 27.5 Å². The minimum atomic E-state index is -0.287. The summed E-state index contributed by atoms with van der Waals surface area (Å²) in [6.07, 6.45) is 3.84. The van der Waals surface area contributed by atoms with E-state index in [4.69, 9.17) is 14.8 Å². The van der Waals surface area contributed by atoms with Gasteiger partial charge in [0.05, 0.1) is 5.69 Å². The third-order valence-corrected chi connectivity index (χ3v) is 8.37. The van der Waals surface area contributed by atoms with Crippen molar-refractivity contribution in [1.82, 2.24) is 19.3 Å². The van der Waals surface area contributed by atoms with Gasteiger partial charge in [0.15, 0.2) is 0 Å². The summed E-state index contributed by atoms with van der Waals surface area (Å²) in [5.41, 5.74) is 8.04. The topological polar surface area (TPSA) is 44.9 Å².